The molecule has 0 aliphatic carbocycles. The summed E-state index contributed by atoms with van der Waals surface area (Å²) in [6.45, 7) is 0. The summed E-state index contributed by atoms with van der Waals surface area (Å²) in [4.78, 5) is 3.22. The predicted octanol–water partition coefficient (Wildman–Crippen LogP) is 0.876. The van der Waals surface area contributed by atoms with Crippen LogP contribution in [0, 0.1) is 0 Å². The Bertz CT molecular complexity index is 277. The lowest BCUT2D eigenvalue weighted by molar-refractivity contribution is -0.144. The fraction of sp³-hybridized carbons (Fsp3) is 0.600. The summed E-state index contributed by atoms with van der Waals surface area (Å²) in [5.74, 6) is -1.04. The molecule has 4 nitrogen and oxygen atoms in total. The maximum absolute atomic E-state index is 12.0. The van der Waals surface area contributed by atoms with Crippen LogP contribution in [-0.2, 0) is 13.2 Å². The second-order valence-corrected chi connectivity index (χ2v) is 2.13. The molecule has 0 fully saturated rings. The SMILES string of the molecule is CNc1nc(C(F)(F)F)nn1C. The van der Waals surface area contributed by atoms with E-state index in [0.717, 1.165) is 4.68 Å². The number of aromatic nitrogens is 3. The molecule has 0 bridgehead atoms. The quantitative estimate of drug-likeness (QED) is 0.697. The van der Waals surface area contributed by atoms with Crippen LogP contribution in [0.15, 0.2) is 0 Å². The first kappa shape index (κ1) is 8.82. The zero-order valence-electron chi connectivity index (χ0n) is 6.48. The molecule has 0 aromatic carbocycles. The summed E-state index contributed by atoms with van der Waals surface area (Å²) < 4.78 is 36.9. The number of nitrogens with zero attached hydrogens (tertiary/aromatic N) is 3. The molecule has 12 heavy (non-hydrogen) atoms. The summed E-state index contributed by atoms with van der Waals surface area (Å²) in [7, 11) is 2.86. The first-order valence-electron chi connectivity index (χ1n) is 3.11. The summed E-state index contributed by atoms with van der Waals surface area (Å²) in [5.41, 5.74) is 0. The monoisotopic (exact) mass is 180 g/mol. The van der Waals surface area contributed by atoms with Crippen LogP contribution in [0.5, 0.6) is 0 Å². The van der Waals surface area contributed by atoms with Gasteiger partial charge in [0, 0.05) is 14.1 Å². The zero-order chi connectivity index (χ0) is 9.35. The average Bonchev–Trinajstić information content (AvgIpc) is 2.29. The van der Waals surface area contributed by atoms with Crippen molar-refractivity contribution in [3.63, 3.8) is 0 Å². The van der Waals surface area contributed by atoms with Crippen LogP contribution < -0.4 is 5.32 Å². The number of halogens is 3. The molecule has 0 spiro atoms. The van der Waals surface area contributed by atoms with Crippen molar-refractivity contribution in [2.75, 3.05) is 12.4 Å². The molecule has 0 saturated heterocycles. The number of aryl methyl sites for hydroxylation is 1. The molecule has 0 atom stereocenters. The number of alkyl halides is 3. The Labute approximate surface area is 66.4 Å². The van der Waals surface area contributed by atoms with Gasteiger partial charge in [-0.25, -0.2) is 4.68 Å². The van der Waals surface area contributed by atoms with E-state index in [2.05, 4.69) is 15.4 Å². The van der Waals surface area contributed by atoms with E-state index in [-0.39, 0.29) is 5.95 Å². The normalized spacial score (nSPS) is 11.8. The van der Waals surface area contributed by atoms with Gasteiger partial charge in [-0.2, -0.15) is 18.2 Å². The minimum atomic E-state index is -4.48. The number of nitrogens with one attached hydrogen (secondary N) is 1. The van der Waals surface area contributed by atoms with Gasteiger partial charge in [0.05, 0.1) is 0 Å². The van der Waals surface area contributed by atoms with Crippen molar-refractivity contribution in [1.29, 1.82) is 0 Å². The molecule has 1 N–H and O–H groups in total. The molecule has 0 unspecified atom stereocenters. The largest absolute Gasteiger partial charge is 0.453 e. The maximum atomic E-state index is 12.0. The van der Waals surface area contributed by atoms with Crippen molar-refractivity contribution in [2.24, 2.45) is 7.05 Å². The molecule has 1 heterocycles. The van der Waals surface area contributed by atoms with Gasteiger partial charge in [0.1, 0.15) is 0 Å². The topological polar surface area (TPSA) is 42.7 Å². The van der Waals surface area contributed by atoms with E-state index in [4.69, 9.17) is 0 Å². The van der Waals surface area contributed by atoms with Gasteiger partial charge in [0.2, 0.25) is 5.95 Å². The Kier molecular flexibility index (Phi) is 1.95. The Morgan fingerprint density at radius 1 is 1.42 bits per heavy atom. The maximum Gasteiger partial charge on any atom is 0.453 e. The van der Waals surface area contributed by atoms with Crippen LogP contribution in [0.1, 0.15) is 5.82 Å². The summed E-state index contributed by atoms with van der Waals surface area (Å²) in [6, 6.07) is 0. The highest BCUT2D eigenvalue weighted by atomic mass is 19.4. The van der Waals surface area contributed by atoms with Crippen molar-refractivity contribution < 1.29 is 13.2 Å². The van der Waals surface area contributed by atoms with Gasteiger partial charge < -0.3 is 5.32 Å². The van der Waals surface area contributed by atoms with Gasteiger partial charge in [-0.05, 0) is 0 Å². The van der Waals surface area contributed by atoms with Gasteiger partial charge in [-0.15, -0.1) is 5.10 Å². The molecule has 0 amide bonds. The van der Waals surface area contributed by atoms with Crippen LogP contribution in [0.2, 0.25) is 0 Å². The predicted molar refractivity (Wildman–Crippen MR) is 35.6 cm³/mol. The van der Waals surface area contributed by atoms with Crippen LogP contribution in [0.25, 0.3) is 0 Å². The van der Waals surface area contributed by atoms with Crippen molar-refractivity contribution in [2.45, 2.75) is 6.18 Å². The Morgan fingerprint density at radius 3 is 2.25 bits per heavy atom. The highest BCUT2D eigenvalue weighted by molar-refractivity contribution is 5.23. The van der Waals surface area contributed by atoms with Gasteiger partial charge >= 0.3 is 6.18 Å². The average molecular weight is 180 g/mol. The van der Waals surface area contributed by atoms with Crippen molar-refractivity contribution in [1.82, 2.24) is 14.8 Å². The van der Waals surface area contributed by atoms with Gasteiger partial charge in [-0.1, -0.05) is 0 Å². The Hall–Kier alpha value is -1.27. The van der Waals surface area contributed by atoms with Gasteiger partial charge in [0.15, 0.2) is 0 Å². The first-order chi connectivity index (χ1) is 5.45. The van der Waals surface area contributed by atoms with E-state index < -0.39 is 12.0 Å². The van der Waals surface area contributed by atoms with Crippen LogP contribution in [0.3, 0.4) is 0 Å². The number of anilines is 1. The van der Waals surface area contributed by atoms with E-state index >= 15 is 0 Å². The van der Waals surface area contributed by atoms with Crippen molar-refractivity contribution >= 4 is 5.95 Å². The molecule has 0 aliphatic heterocycles. The fourth-order valence-corrected chi connectivity index (χ4v) is 0.722. The molecule has 1 aromatic rings. The summed E-state index contributed by atoms with van der Waals surface area (Å²) in [5, 5.41) is 5.65. The lowest BCUT2D eigenvalue weighted by atomic mass is 10.6. The van der Waals surface area contributed by atoms with E-state index in [1.165, 1.54) is 14.1 Å². The molecule has 0 aliphatic rings. The minimum Gasteiger partial charge on any atom is -0.357 e. The lowest BCUT2D eigenvalue weighted by Crippen LogP contribution is -2.08. The van der Waals surface area contributed by atoms with Crippen molar-refractivity contribution in [3.8, 4) is 0 Å². The fourth-order valence-electron chi connectivity index (χ4n) is 0.722. The van der Waals surface area contributed by atoms with Crippen LogP contribution in [0.4, 0.5) is 19.1 Å². The smallest absolute Gasteiger partial charge is 0.357 e. The van der Waals surface area contributed by atoms with E-state index in [9.17, 15) is 13.2 Å². The molecule has 7 heteroatoms. The lowest BCUT2D eigenvalue weighted by Gasteiger charge is -1.97. The first-order valence-corrected chi connectivity index (χ1v) is 3.11. The van der Waals surface area contributed by atoms with Crippen molar-refractivity contribution in [3.05, 3.63) is 5.82 Å². The van der Waals surface area contributed by atoms with Gasteiger partial charge in [0.25, 0.3) is 5.82 Å². The molecular weight excluding hydrogens is 173 g/mol. The Morgan fingerprint density at radius 2 is 2.00 bits per heavy atom. The number of hydrogen-bond acceptors (Lipinski definition) is 3. The third kappa shape index (κ3) is 1.49. The van der Waals surface area contributed by atoms with Crippen LogP contribution in [-0.4, -0.2) is 21.8 Å². The number of hydrogen-bond donors (Lipinski definition) is 1. The minimum absolute atomic E-state index is 0.0855. The third-order valence-corrected chi connectivity index (χ3v) is 1.24. The molecular formula is C5H7F3N4. The summed E-state index contributed by atoms with van der Waals surface area (Å²) >= 11 is 0. The van der Waals surface area contributed by atoms with E-state index in [1.54, 1.807) is 0 Å². The summed E-state index contributed by atoms with van der Waals surface area (Å²) in [6.07, 6.45) is -4.48. The molecule has 68 valence electrons. The molecule has 0 radical (unpaired) electrons. The Balaban J connectivity index is 3.05. The van der Waals surface area contributed by atoms with E-state index in [1.807, 2.05) is 0 Å². The standard InChI is InChI=1S/C5H7F3N4/c1-9-4-10-3(5(6,7)8)11-12(4)2/h1-2H3,(H,9,10,11). The molecule has 1 rings (SSSR count). The molecule has 1 aromatic heterocycles. The second-order valence-electron chi connectivity index (χ2n) is 2.13. The van der Waals surface area contributed by atoms with Gasteiger partial charge in [-0.3, -0.25) is 0 Å². The second kappa shape index (κ2) is 2.65. The highest BCUT2D eigenvalue weighted by Gasteiger charge is 2.36. The van der Waals surface area contributed by atoms with E-state index in [0.29, 0.717) is 0 Å². The third-order valence-electron chi connectivity index (χ3n) is 1.24. The molecule has 0 saturated carbocycles. The highest BCUT2D eigenvalue weighted by Crippen LogP contribution is 2.26. The number of rotatable bonds is 1. The van der Waals surface area contributed by atoms with Crippen LogP contribution >= 0.6 is 0 Å². The zero-order valence-corrected chi connectivity index (χ0v) is 6.48.